The van der Waals surface area contributed by atoms with E-state index in [0.717, 1.165) is 23.9 Å². The molecule has 3 rings (SSSR count). The number of hydrogen-bond acceptors (Lipinski definition) is 5. The van der Waals surface area contributed by atoms with E-state index in [0.29, 0.717) is 44.4 Å². The second-order valence-corrected chi connectivity index (χ2v) is 7.10. The van der Waals surface area contributed by atoms with E-state index in [1.54, 1.807) is 4.57 Å². The molecule has 1 saturated heterocycles. The molecule has 146 valence electrons. The Hall–Kier alpha value is -2.57. The lowest BCUT2D eigenvalue weighted by atomic mass is 10.0. The molecule has 0 spiro atoms. The van der Waals surface area contributed by atoms with Gasteiger partial charge in [0.25, 0.3) is 0 Å². The number of fused-ring (bicyclic) bond motifs is 1. The zero-order valence-electron chi connectivity index (χ0n) is 15.9. The van der Waals surface area contributed by atoms with Gasteiger partial charge in [-0.3, -0.25) is 14.2 Å². The van der Waals surface area contributed by atoms with Crippen LogP contribution in [-0.2, 0) is 14.3 Å². The summed E-state index contributed by atoms with van der Waals surface area (Å²) < 4.78 is 11.7. The first-order chi connectivity index (χ1) is 13.0. The van der Waals surface area contributed by atoms with E-state index in [9.17, 15) is 14.4 Å². The van der Waals surface area contributed by atoms with Crippen LogP contribution in [0.15, 0.2) is 27.4 Å². The molecule has 0 radical (unpaired) electrons. The van der Waals surface area contributed by atoms with Crippen LogP contribution >= 0.6 is 0 Å². The number of esters is 1. The molecule has 1 fully saturated rings. The van der Waals surface area contributed by atoms with Crippen molar-refractivity contribution in [3.63, 3.8) is 0 Å². The van der Waals surface area contributed by atoms with E-state index < -0.39 is 0 Å². The Kier molecular flexibility index (Phi) is 5.98. The number of hydrogen-bond donors (Lipinski definition) is 0. The molecule has 1 aliphatic heterocycles. The van der Waals surface area contributed by atoms with E-state index in [2.05, 4.69) is 4.74 Å². The second kappa shape index (κ2) is 8.41. The van der Waals surface area contributed by atoms with E-state index in [1.807, 2.05) is 30.0 Å². The highest BCUT2D eigenvalue weighted by Gasteiger charge is 2.26. The number of aromatic nitrogens is 1. The molecule has 7 nitrogen and oxygen atoms in total. The van der Waals surface area contributed by atoms with Gasteiger partial charge in [-0.1, -0.05) is 6.07 Å². The Morgan fingerprint density at radius 3 is 2.59 bits per heavy atom. The van der Waals surface area contributed by atoms with Crippen molar-refractivity contribution < 1.29 is 18.7 Å². The molecule has 0 aliphatic carbocycles. The standard InChI is InChI=1S/C20H26N2O5/c1-14-7-8-16-17(13-14)27-20(25)22(16)15-9-11-21(12-10-15)18(23)5-3-4-6-19(24)26-2/h7-8,13,15H,3-6,9-12H2,1-2H3. The lowest BCUT2D eigenvalue weighted by molar-refractivity contribution is -0.141. The van der Waals surface area contributed by atoms with Crippen molar-refractivity contribution in [3.05, 3.63) is 34.3 Å². The van der Waals surface area contributed by atoms with Crippen LogP contribution in [0.1, 0.15) is 50.1 Å². The number of piperidine rings is 1. The summed E-state index contributed by atoms with van der Waals surface area (Å²) in [4.78, 5) is 37.6. The maximum absolute atomic E-state index is 12.3. The van der Waals surface area contributed by atoms with Gasteiger partial charge in [0, 0.05) is 32.0 Å². The summed E-state index contributed by atoms with van der Waals surface area (Å²) in [5.74, 6) is -0.460. The Balaban J connectivity index is 1.55. The number of unbranched alkanes of at least 4 members (excludes halogenated alkanes) is 1. The minimum atomic E-state index is -0.330. The third kappa shape index (κ3) is 4.40. The fourth-order valence-corrected chi connectivity index (χ4v) is 3.67. The van der Waals surface area contributed by atoms with Crippen LogP contribution in [-0.4, -0.2) is 41.5 Å². The molecule has 0 atom stereocenters. The normalized spacial score (nSPS) is 15.3. The van der Waals surface area contributed by atoms with Crippen LogP contribution in [0.2, 0.25) is 0 Å². The third-order valence-electron chi connectivity index (χ3n) is 5.20. The number of benzene rings is 1. The molecule has 7 heteroatoms. The Morgan fingerprint density at radius 2 is 1.89 bits per heavy atom. The maximum atomic E-state index is 12.3. The maximum Gasteiger partial charge on any atom is 0.420 e. The molecule has 0 N–H and O–H groups in total. The van der Waals surface area contributed by atoms with Gasteiger partial charge in [-0.15, -0.1) is 0 Å². The van der Waals surface area contributed by atoms with Crippen LogP contribution < -0.4 is 5.76 Å². The van der Waals surface area contributed by atoms with Crippen LogP contribution in [0.4, 0.5) is 0 Å². The lowest BCUT2D eigenvalue weighted by Crippen LogP contribution is -2.40. The number of carbonyl (C=O) groups excluding carboxylic acids is 2. The fraction of sp³-hybridized carbons (Fsp3) is 0.550. The molecular formula is C20H26N2O5. The second-order valence-electron chi connectivity index (χ2n) is 7.10. The number of nitrogens with zero attached hydrogens (tertiary/aromatic N) is 2. The smallest absolute Gasteiger partial charge is 0.420 e. The molecule has 1 amide bonds. The van der Waals surface area contributed by atoms with Gasteiger partial charge in [0.15, 0.2) is 5.58 Å². The molecule has 1 aliphatic rings. The van der Waals surface area contributed by atoms with Gasteiger partial charge in [-0.2, -0.15) is 0 Å². The molecule has 0 unspecified atom stereocenters. The van der Waals surface area contributed by atoms with E-state index in [1.165, 1.54) is 7.11 Å². The zero-order valence-corrected chi connectivity index (χ0v) is 15.9. The van der Waals surface area contributed by atoms with Gasteiger partial charge < -0.3 is 14.1 Å². The van der Waals surface area contributed by atoms with E-state index in [-0.39, 0.29) is 23.7 Å². The van der Waals surface area contributed by atoms with Crippen LogP contribution in [0, 0.1) is 6.92 Å². The Bertz CT molecular complexity index is 874. The van der Waals surface area contributed by atoms with Gasteiger partial charge in [0.2, 0.25) is 5.91 Å². The van der Waals surface area contributed by atoms with Crippen molar-refractivity contribution in [1.82, 2.24) is 9.47 Å². The number of likely N-dealkylation sites (tertiary alicyclic amines) is 1. The van der Waals surface area contributed by atoms with E-state index >= 15 is 0 Å². The largest absolute Gasteiger partial charge is 0.469 e. The first-order valence-corrected chi connectivity index (χ1v) is 9.46. The first-order valence-electron chi connectivity index (χ1n) is 9.46. The number of oxazole rings is 1. The molecule has 27 heavy (non-hydrogen) atoms. The summed E-state index contributed by atoms with van der Waals surface area (Å²) in [5, 5.41) is 0. The highest BCUT2D eigenvalue weighted by molar-refractivity contribution is 5.76. The van der Waals surface area contributed by atoms with E-state index in [4.69, 9.17) is 4.42 Å². The number of amides is 1. The molecule has 0 saturated carbocycles. The minimum absolute atomic E-state index is 0.0461. The van der Waals surface area contributed by atoms with Crippen molar-refractivity contribution in [2.45, 2.75) is 51.5 Å². The molecule has 1 aromatic heterocycles. The average Bonchev–Trinajstić information content (AvgIpc) is 2.99. The molecule has 2 aromatic rings. The summed E-state index contributed by atoms with van der Waals surface area (Å²) >= 11 is 0. The number of aryl methyl sites for hydroxylation is 1. The Labute approximate surface area is 157 Å². The summed E-state index contributed by atoms with van der Waals surface area (Å²) in [6.07, 6.45) is 3.59. The minimum Gasteiger partial charge on any atom is -0.469 e. The first kappa shape index (κ1) is 19.2. The van der Waals surface area contributed by atoms with Gasteiger partial charge in [-0.05, 0) is 50.3 Å². The predicted molar refractivity (Wildman–Crippen MR) is 101 cm³/mol. The van der Waals surface area contributed by atoms with Crippen molar-refractivity contribution in [3.8, 4) is 0 Å². The van der Waals surface area contributed by atoms with Gasteiger partial charge in [0.1, 0.15) is 0 Å². The van der Waals surface area contributed by atoms with Crippen LogP contribution in [0.3, 0.4) is 0 Å². The zero-order chi connectivity index (χ0) is 19.4. The molecular weight excluding hydrogens is 348 g/mol. The SMILES string of the molecule is COC(=O)CCCCC(=O)N1CCC(n2c(=O)oc3cc(C)ccc32)CC1. The quantitative estimate of drug-likeness (QED) is 0.574. The topological polar surface area (TPSA) is 81.8 Å². The van der Waals surface area contributed by atoms with Gasteiger partial charge >= 0.3 is 11.7 Å². The molecule has 0 bridgehead atoms. The van der Waals surface area contributed by atoms with Gasteiger partial charge in [0.05, 0.1) is 12.6 Å². The van der Waals surface area contributed by atoms with Gasteiger partial charge in [-0.25, -0.2) is 4.79 Å². The van der Waals surface area contributed by atoms with Crippen LogP contribution in [0.25, 0.3) is 11.1 Å². The van der Waals surface area contributed by atoms with Crippen molar-refractivity contribution >= 4 is 23.0 Å². The third-order valence-corrected chi connectivity index (χ3v) is 5.20. The highest BCUT2D eigenvalue weighted by atomic mass is 16.5. The highest BCUT2D eigenvalue weighted by Crippen LogP contribution is 2.26. The average molecular weight is 374 g/mol. The van der Waals surface area contributed by atoms with Crippen LogP contribution in [0.5, 0.6) is 0 Å². The summed E-state index contributed by atoms with van der Waals surface area (Å²) in [6.45, 7) is 3.23. The summed E-state index contributed by atoms with van der Waals surface area (Å²) in [5.41, 5.74) is 2.48. The molecule has 2 heterocycles. The summed E-state index contributed by atoms with van der Waals surface area (Å²) in [6, 6.07) is 5.82. The summed E-state index contributed by atoms with van der Waals surface area (Å²) in [7, 11) is 1.37. The van der Waals surface area contributed by atoms with Crippen molar-refractivity contribution in [1.29, 1.82) is 0 Å². The van der Waals surface area contributed by atoms with Crippen molar-refractivity contribution in [2.75, 3.05) is 20.2 Å². The number of rotatable bonds is 6. The fourth-order valence-electron chi connectivity index (χ4n) is 3.67. The number of ether oxygens (including phenoxy) is 1. The molecule has 1 aromatic carbocycles. The number of methoxy groups -OCH3 is 1. The lowest BCUT2D eigenvalue weighted by Gasteiger charge is -2.32. The predicted octanol–water partition coefficient (Wildman–Crippen LogP) is 2.80. The Morgan fingerprint density at radius 1 is 1.19 bits per heavy atom. The number of carbonyl (C=O) groups is 2. The monoisotopic (exact) mass is 374 g/mol. The van der Waals surface area contributed by atoms with Crippen molar-refractivity contribution in [2.24, 2.45) is 0 Å².